The quantitative estimate of drug-likeness (QED) is 0.622. The maximum Gasteiger partial charge on any atom is 0.199 e. The van der Waals surface area contributed by atoms with Gasteiger partial charge in [-0.2, -0.15) is 0 Å². The second kappa shape index (κ2) is 3.05. The lowest BCUT2D eigenvalue weighted by atomic mass is 10.1. The summed E-state index contributed by atoms with van der Waals surface area (Å²) in [6, 6.07) is 2.16. The van der Waals surface area contributed by atoms with Crippen LogP contribution < -0.4 is 4.90 Å². The summed E-state index contributed by atoms with van der Waals surface area (Å²) in [4.78, 5) is 2.19. The van der Waals surface area contributed by atoms with Crippen molar-refractivity contribution >= 4 is 17.6 Å². The summed E-state index contributed by atoms with van der Waals surface area (Å²) in [6.07, 6.45) is 4.46. The highest BCUT2D eigenvalue weighted by atomic mass is 32.2. The number of fused-ring (bicyclic) bond motifs is 1. The molecular weight excluding hydrogens is 170 g/mol. The molecule has 0 unspecified atom stereocenters. The number of aryl methyl sites for hydroxylation is 1. The molecule has 0 amide bonds. The van der Waals surface area contributed by atoms with E-state index in [-0.39, 0.29) is 0 Å². The predicted molar refractivity (Wildman–Crippen MR) is 52.1 cm³/mol. The summed E-state index contributed by atoms with van der Waals surface area (Å²) < 4.78 is 5.66. The van der Waals surface area contributed by atoms with Gasteiger partial charge in [0.25, 0.3) is 0 Å². The number of thioether (sulfide) groups is 1. The number of hydrogen-bond acceptors (Lipinski definition) is 3. The molecule has 0 saturated carbocycles. The Morgan fingerprint density at radius 3 is 3.08 bits per heavy atom. The van der Waals surface area contributed by atoms with Gasteiger partial charge in [0.2, 0.25) is 0 Å². The summed E-state index contributed by atoms with van der Waals surface area (Å²) in [7, 11) is 2.09. The lowest BCUT2D eigenvalue weighted by Gasteiger charge is -2.21. The van der Waals surface area contributed by atoms with Gasteiger partial charge in [0.15, 0.2) is 11.0 Å². The van der Waals surface area contributed by atoms with Crippen LogP contribution in [-0.2, 0) is 6.42 Å². The predicted octanol–water partition coefficient (Wildman–Crippen LogP) is 2.38. The molecule has 1 aliphatic rings. The normalized spacial score (nSPS) is 16.3. The lowest BCUT2D eigenvalue weighted by Crippen LogP contribution is -2.23. The van der Waals surface area contributed by atoms with E-state index in [1.54, 1.807) is 11.8 Å². The van der Waals surface area contributed by atoms with Crippen molar-refractivity contribution in [2.45, 2.75) is 17.9 Å². The standard InChI is InChI=1S/C9H13NOS/c1-10-5-3-4-7-6-8(12-2)11-9(7)10/h6H,3-5H2,1-2H3. The van der Waals surface area contributed by atoms with Crippen molar-refractivity contribution in [3.63, 3.8) is 0 Å². The van der Waals surface area contributed by atoms with E-state index in [4.69, 9.17) is 4.42 Å². The van der Waals surface area contributed by atoms with E-state index in [1.807, 2.05) is 6.26 Å². The van der Waals surface area contributed by atoms with Gasteiger partial charge in [-0.3, -0.25) is 0 Å². The van der Waals surface area contributed by atoms with E-state index >= 15 is 0 Å². The highest BCUT2D eigenvalue weighted by molar-refractivity contribution is 7.98. The minimum absolute atomic E-state index is 1.04. The van der Waals surface area contributed by atoms with Gasteiger partial charge in [0.1, 0.15) is 0 Å². The molecule has 2 rings (SSSR count). The molecule has 0 radical (unpaired) electrons. The SMILES string of the molecule is CSc1cc2c(o1)N(C)CCC2. The zero-order valence-electron chi connectivity index (χ0n) is 7.46. The topological polar surface area (TPSA) is 16.4 Å². The lowest BCUT2D eigenvalue weighted by molar-refractivity contribution is 0.464. The van der Waals surface area contributed by atoms with E-state index in [9.17, 15) is 0 Å². The van der Waals surface area contributed by atoms with Crippen molar-refractivity contribution in [1.82, 2.24) is 0 Å². The molecule has 3 heteroatoms. The van der Waals surface area contributed by atoms with Gasteiger partial charge in [-0.1, -0.05) is 11.8 Å². The van der Waals surface area contributed by atoms with E-state index in [0.29, 0.717) is 0 Å². The molecule has 0 bridgehead atoms. The fourth-order valence-corrected chi connectivity index (χ4v) is 2.03. The van der Waals surface area contributed by atoms with Crippen molar-refractivity contribution in [1.29, 1.82) is 0 Å². The van der Waals surface area contributed by atoms with Crippen LogP contribution in [0.25, 0.3) is 0 Å². The van der Waals surface area contributed by atoms with E-state index < -0.39 is 0 Å². The third-order valence-electron chi connectivity index (χ3n) is 2.25. The molecule has 1 aromatic rings. The first-order valence-corrected chi connectivity index (χ1v) is 5.41. The highest BCUT2D eigenvalue weighted by Crippen LogP contribution is 2.32. The molecule has 0 N–H and O–H groups in total. The third-order valence-corrected chi connectivity index (χ3v) is 2.86. The Labute approximate surface area is 76.9 Å². The van der Waals surface area contributed by atoms with Crippen molar-refractivity contribution in [2.75, 3.05) is 24.7 Å². The fourth-order valence-electron chi connectivity index (χ4n) is 1.61. The molecule has 0 atom stereocenters. The molecule has 0 aliphatic carbocycles. The largest absolute Gasteiger partial charge is 0.434 e. The van der Waals surface area contributed by atoms with Crippen LogP contribution in [0.5, 0.6) is 0 Å². The first kappa shape index (κ1) is 8.05. The van der Waals surface area contributed by atoms with Crippen LogP contribution in [0, 0.1) is 0 Å². The smallest absolute Gasteiger partial charge is 0.199 e. The first-order chi connectivity index (χ1) is 5.81. The van der Waals surface area contributed by atoms with Gasteiger partial charge in [0, 0.05) is 19.2 Å². The molecule has 2 heterocycles. The van der Waals surface area contributed by atoms with Gasteiger partial charge >= 0.3 is 0 Å². The third kappa shape index (κ3) is 1.22. The molecule has 0 fully saturated rings. The Hall–Kier alpha value is -0.570. The van der Waals surface area contributed by atoms with Crippen molar-refractivity contribution in [2.24, 2.45) is 0 Å². The molecule has 12 heavy (non-hydrogen) atoms. The highest BCUT2D eigenvalue weighted by Gasteiger charge is 2.18. The van der Waals surface area contributed by atoms with Gasteiger partial charge in [-0.15, -0.1) is 0 Å². The van der Waals surface area contributed by atoms with Crippen LogP contribution in [0.4, 0.5) is 5.88 Å². The molecule has 0 spiro atoms. The summed E-state index contributed by atoms with van der Waals surface area (Å²) in [6.45, 7) is 1.12. The summed E-state index contributed by atoms with van der Waals surface area (Å²) in [5.74, 6) is 1.07. The molecule has 66 valence electrons. The zero-order valence-corrected chi connectivity index (χ0v) is 8.28. The average Bonchev–Trinajstić information content (AvgIpc) is 2.49. The second-order valence-electron chi connectivity index (χ2n) is 3.13. The van der Waals surface area contributed by atoms with Crippen molar-refractivity contribution in [3.8, 4) is 0 Å². The molecular formula is C9H13NOS. The minimum atomic E-state index is 1.04. The summed E-state index contributed by atoms with van der Waals surface area (Å²) >= 11 is 1.67. The van der Waals surface area contributed by atoms with Crippen LogP contribution in [0.1, 0.15) is 12.0 Å². The molecule has 0 saturated heterocycles. The van der Waals surface area contributed by atoms with Gasteiger partial charge < -0.3 is 9.32 Å². The van der Waals surface area contributed by atoms with Crippen molar-refractivity contribution < 1.29 is 4.42 Å². The molecule has 0 aromatic carbocycles. The Kier molecular flexibility index (Phi) is 2.05. The molecule has 1 aromatic heterocycles. The van der Waals surface area contributed by atoms with E-state index in [0.717, 1.165) is 17.5 Å². The van der Waals surface area contributed by atoms with Crippen LogP contribution in [0.2, 0.25) is 0 Å². The zero-order chi connectivity index (χ0) is 8.55. The number of hydrogen-bond donors (Lipinski definition) is 0. The molecule has 2 nitrogen and oxygen atoms in total. The Balaban J connectivity index is 2.37. The number of nitrogens with zero attached hydrogens (tertiary/aromatic N) is 1. The van der Waals surface area contributed by atoms with Crippen LogP contribution in [0.3, 0.4) is 0 Å². The maximum atomic E-state index is 5.66. The second-order valence-corrected chi connectivity index (χ2v) is 3.94. The summed E-state index contributed by atoms with van der Waals surface area (Å²) in [5, 5.41) is 1.04. The van der Waals surface area contributed by atoms with Crippen molar-refractivity contribution in [3.05, 3.63) is 11.6 Å². The van der Waals surface area contributed by atoms with E-state index in [2.05, 4.69) is 18.0 Å². The number of furan rings is 1. The Morgan fingerprint density at radius 2 is 2.42 bits per heavy atom. The number of rotatable bonds is 1. The average molecular weight is 183 g/mol. The summed E-state index contributed by atoms with van der Waals surface area (Å²) in [5.41, 5.74) is 1.37. The van der Waals surface area contributed by atoms with Crippen LogP contribution in [0.15, 0.2) is 15.6 Å². The van der Waals surface area contributed by atoms with Gasteiger partial charge in [0.05, 0.1) is 0 Å². The Bertz CT molecular complexity index is 282. The first-order valence-electron chi connectivity index (χ1n) is 4.19. The fraction of sp³-hybridized carbons (Fsp3) is 0.556. The number of anilines is 1. The van der Waals surface area contributed by atoms with Gasteiger partial charge in [-0.05, 0) is 25.2 Å². The van der Waals surface area contributed by atoms with Gasteiger partial charge in [-0.25, -0.2) is 0 Å². The minimum Gasteiger partial charge on any atom is -0.434 e. The maximum absolute atomic E-state index is 5.66. The monoisotopic (exact) mass is 183 g/mol. The van der Waals surface area contributed by atoms with E-state index in [1.165, 1.54) is 18.4 Å². The van der Waals surface area contributed by atoms with Crippen LogP contribution in [-0.4, -0.2) is 19.8 Å². The Morgan fingerprint density at radius 1 is 1.58 bits per heavy atom. The molecule has 1 aliphatic heterocycles. The van der Waals surface area contributed by atoms with Crippen LogP contribution >= 0.6 is 11.8 Å².